The third-order valence-electron chi connectivity index (χ3n) is 7.64. The molecule has 1 aromatic heterocycles. The average molecular weight is 491 g/mol. The summed E-state index contributed by atoms with van der Waals surface area (Å²) in [5.74, 6) is 1.30. The van der Waals surface area contributed by atoms with Crippen LogP contribution >= 0.6 is 11.6 Å². The first kappa shape index (κ1) is 21.9. The molecule has 4 aliphatic rings. The first-order valence-corrected chi connectivity index (χ1v) is 11.7. The second-order valence-electron chi connectivity index (χ2n) is 10.3. The number of carbonyl (C=O) groups is 1. The van der Waals surface area contributed by atoms with E-state index in [0.29, 0.717) is 42.3 Å². The Morgan fingerprint density at radius 2 is 1.94 bits per heavy atom. The summed E-state index contributed by atoms with van der Waals surface area (Å²) in [6.45, 7) is 0.415. The van der Waals surface area contributed by atoms with Crippen LogP contribution in [0.1, 0.15) is 48.8 Å². The topological polar surface area (TPSA) is 78.0 Å². The summed E-state index contributed by atoms with van der Waals surface area (Å²) >= 11 is 6.17. The smallest absolute Gasteiger partial charge is 0.340 e. The van der Waals surface area contributed by atoms with Gasteiger partial charge in [0.15, 0.2) is 5.82 Å². The largest absolute Gasteiger partial charge is 0.401 e. The number of nitrogens with zero attached hydrogens (tertiary/aromatic N) is 6. The number of fused-ring (bicyclic) bond motifs is 3. The second-order valence-corrected chi connectivity index (χ2v) is 10.7. The van der Waals surface area contributed by atoms with Crippen molar-refractivity contribution >= 4 is 17.5 Å². The number of rotatable bonds is 3. The van der Waals surface area contributed by atoms with Crippen LogP contribution in [0.3, 0.4) is 0 Å². The number of likely N-dealkylation sites (tertiary alicyclic amines) is 1. The number of carbonyl (C=O) groups excluding carboxylic acids is 1. The van der Waals surface area contributed by atoms with E-state index < -0.39 is 18.1 Å². The molecule has 0 unspecified atom stereocenters. The van der Waals surface area contributed by atoms with E-state index in [2.05, 4.69) is 16.3 Å². The monoisotopic (exact) mass is 490 g/mol. The van der Waals surface area contributed by atoms with E-state index in [9.17, 15) is 23.2 Å². The highest BCUT2D eigenvalue weighted by Crippen LogP contribution is 2.58. The third-order valence-corrected chi connectivity index (χ3v) is 7.87. The first-order valence-electron chi connectivity index (χ1n) is 11.3. The van der Waals surface area contributed by atoms with Gasteiger partial charge in [0.2, 0.25) is 5.91 Å². The van der Waals surface area contributed by atoms with Crippen molar-refractivity contribution in [3.63, 3.8) is 0 Å². The van der Waals surface area contributed by atoms with Crippen molar-refractivity contribution in [3.05, 3.63) is 40.4 Å². The van der Waals surface area contributed by atoms with Crippen molar-refractivity contribution in [1.29, 1.82) is 5.26 Å². The Hall–Kier alpha value is -2.64. The molecule has 3 heterocycles. The first-order chi connectivity index (χ1) is 16.1. The van der Waals surface area contributed by atoms with Crippen molar-refractivity contribution < 1.29 is 18.0 Å². The highest BCUT2D eigenvalue weighted by Gasteiger charge is 2.60. The summed E-state index contributed by atoms with van der Waals surface area (Å²) in [5, 5.41) is 18.4. The van der Waals surface area contributed by atoms with Gasteiger partial charge in [0, 0.05) is 36.0 Å². The molecule has 2 aromatic rings. The van der Waals surface area contributed by atoms with Crippen LogP contribution in [0.4, 0.5) is 13.2 Å². The molecule has 3 fully saturated rings. The van der Waals surface area contributed by atoms with Crippen molar-refractivity contribution in [1.82, 2.24) is 24.6 Å². The van der Waals surface area contributed by atoms with E-state index in [0.717, 1.165) is 24.4 Å². The Morgan fingerprint density at radius 3 is 2.59 bits per heavy atom. The van der Waals surface area contributed by atoms with Gasteiger partial charge in [-0.2, -0.15) is 18.4 Å². The van der Waals surface area contributed by atoms with Crippen LogP contribution in [0.25, 0.3) is 5.69 Å². The fourth-order valence-electron chi connectivity index (χ4n) is 5.86. The predicted octanol–water partition coefficient (Wildman–Crippen LogP) is 3.81. The number of hydrogen-bond donors (Lipinski definition) is 0. The Bertz CT molecular complexity index is 1220. The van der Waals surface area contributed by atoms with Gasteiger partial charge in [0.05, 0.1) is 24.8 Å². The van der Waals surface area contributed by atoms with Gasteiger partial charge in [-0.15, -0.1) is 10.2 Å². The van der Waals surface area contributed by atoms with Crippen LogP contribution in [0.15, 0.2) is 18.2 Å². The minimum Gasteiger partial charge on any atom is -0.340 e. The highest BCUT2D eigenvalue weighted by atomic mass is 35.5. The summed E-state index contributed by atoms with van der Waals surface area (Å²) < 4.78 is 41.4. The van der Waals surface area contributed by atoms with Crippen LogP contribution in [0.2, 0.25) is 5.02 Å². The number of halogens is 4. The predicted molar refractivity (Wildman–Crippen MR) is 115 cm³/mol. The summed E-state index contributed by atoms with van der Waals surface area (Å²) in [4.78, 5) is 15.7. The molecule has 1 spiro atoms. The molecule has 0 bridgehead atoms. The SMILES string of the molecule is N#CC1(C(=O)N2CC3(CC(c4nnc5n4-c4ccc(Cl)cc4CN(CC(F)(F)F)C5)C3)C2)CC1. The van der Waals surface area contributed by atoms with Crippen LogP contribution in [0.5, 0.6) is 0 Å². The van der Waals surface area contributed by atoms with Gasteiger partial charge in [-0.1, -0.05) is 11.6 Å². The van der Waals surface area contributed by atoms with Crippen LogP contribution in [-0.4, -0.2) is 56.3 Å². The van der Waals surface area contributed by atoms with Gasteiger partial charge in [-0.3, -0.25) is 14.3 Å². The standard InChI is InChI=1S/C23H22ClF3N6O/c24-16-1-2-17-14(5-16)8-31(13-23(25,26)27)9-18-29-30-19(33(17)18)15-6-21(7-15)11-32(12-21)20(34)22(10-28)3-4-22/h1-2,5,15H,3-4,6-9,11-13H2. The van der Waals surface area contributed by atoms with E-state index >= 15 is 0 Å². The number of amides is 1. The maximum absolute atomic E-state index is 13.2. The molecule has 34 heavy (non-hydrogen) atoms. The van der Waals surface area contributed by atoms with E-state index in [-0.39, 0.29) is 30.3 Å². The molecule has 7 nitrogen and oxygen atoms in total. The molecule has 0 N–H and O–H groups in total. The maximum Gasteiger partial charge on any atom is 0.401 e. The second kappa shape index (κ2) is 7.18. The van der Waals surface area contributed by atoms with Crippen molar-refractivity contribution in [2.45, 2.75) is 50.9 Å². The molecular formula is C23H22ClF3N6O. The molecule has 1 saturated heterocycles. The van der Waals surface area contributed by atoms with Gasteiger partial charge in [-0.25, -0.2) is 0 Å². The van der Waals surface area contributed by atoms with E-state index in [1.54, 1.807) is 17.0 Å². The summed E-state index contributed by atoms with van der Waals surface area (Å²) in [5.41, 5.74) is 0.716. The van der Waals surface area contributed by atoms with Crippen molar-refractivity contribution in [2.75, 3.05) is 19.6 Å². The highest BCUT2D eigenvalue weighted by molar-refractivity contribution is 6.30. The number of benzene rings is 1. The normalized spacial score (nSPS) is 22.7. The average Bonchev–Trinajstić information content (AvgIpc) is 3.43. The molecule has 6 rings (SSSR count). The molecule has 11 heteroatoms. The molecule has 2 aliphatic heterocycles. The zero-order chi connectivity index (χ0) is 23.9. The van der Waals surface area contributed by atoms with Crippen molar-refractivity contribution in [3.8, 4) is 11.8 Å². The lowest BCUT2D eigenvalue weighted by Crippen LogP contribution is -2.64. The van der Waals surface area contributed by atoms with Gasteiger partial charge in [0.1, 0.15) is 11.2 Å². The molecule has 178 valence electrons. The van der Waals surface area contributed by atoms with E-state index in [1.807, 2.05) is 10.6 Å². The zero-order valence-corrected chi connectivity index (χ0v) is 19.0. The van der Waals surface area contributed by atoms with Gasteiger partial charge in [0.25, 0.3) is 0 Å². The van der Waals surface area contributed by atoms with Gasteiger partial charge in [-0.05, 0) is 49.4 Å². The number of hydrogen-bond acceptors (Lipinski definition) is 5. The summed E-state index contributed by atoms with van der Waals surface area (Å²) in [6, 6.07) is 7.43. The fourth-order valence-corrected chi connectivity index (χ4v) is 6.05. The summed E-state index contributed by atoms with van der Waals surface area (Å²) in [6.07, 6.45) is -1.35. The Morgan fingerprint density at radius 1 is 1.21 bits per heavy atom. The Labute approximate surface area is 199 Å². The lowest BCUT2D eigenvalue weighted by Gasteiger charge is -2.59. The number of nitriles is 1. The molecule has 1 amide bonds. The lowest BCUT2D eigenvalue weighted by molar-refractivity contribution is -0.155. The molecular weight excluding hydrogens is 469 g/mol. The van der Waals surface area contributed by atoms with Crippen LogP contribution < -0.4 is 0 Å². The third kappa shape index (κ3) is 3.48. The van der Waals surface area contributed by atoms with Gasteiger partial charge < -0.3 is 4.90 Å². The lowest BCUT2D eigenvalue weighted by atomic mass is 9.57. The Balaban J connectivity index is 1.23. The zero-order valence-electron chi connectivity index (χ0n) is 18.3. The van der Waals surface area contributed by atoms with Crippen LogP contribution in [0, 0.1) is 22.2 Å². The molecule has 1 aromatic carbocycles. The molecule has 2 saturated carbocycles. The van der Waals surface area contributed by atoms with E-state index in [4.69, 9.17) is 11.6 Å². The number of aromatic nitrogens is 3. The molecule has 0 radical (unpaired) electrons. The number of alkyl halides is 3. The van der Waals surface area contributed by atoms with Gasteiger partial charge >= 0.3 is 6.18 Å². The fraction of sp³-hybridized carbons (Fsp3) is 0.565. The quantitative estimate of drug-likeness (QED) is 0.654. The Kier molecular flexibility index (Phi) is 4.62. The summed E-state index contributed by atoms with van der Waals surface area (Å²) in [7, 11) is 0. The van der Waals surface area contributed by atoms with E-state index in [1.165, 1.54) is 4.90 Å². The minimum atomic E-state index is -4.32. The molecule has 0 atom stereocenters. The van der Waals surface area contributed by atoms with Crippen molar-refractivity contribution in [2.24, 2.45) is 10.8 Å². The molecule has 2 aliphatic carbocycles. The maximum atomic E-state index is 13.2. The minimum absolute atomic E-state index is 0.0358. The van der Waals surface area contributed by atoms with Crippen LogP contribution in [-0.2, 0) is 17.9 Å².